The summed E-state index contributed by atoms with van der Waals surface area (Å²) < 4.78 is 1.79. The quantitative estimate of drug-likeness (QED) is 0.792. The molecule has 1 aliphatic carbocycles. The van der Waals surface area contributed by atoms with Crippen LogP contribution in [0.1, 0.15) is 41.6 Å². The van der Waals surface area contributed by atoms with Gasteiger partial charge in [0.25, 0.3) is 0 Å². The molecule has 0 radical (unpaired) electrons. The maximum atomic E-state index is 12.4. The molecule has 0 fully saturated rings. The highest BCUT2D eigenvalue weighted by atomic mass is 32.2. The Bertz CT molecular complexity index is 728. The summed E-state index contributed by atoms with van der Waals surface area (Å²) in [6.45, 7) is 4.07. The molecule has 0 saturated carbocycles. The van der Waals surface area contributed by atoms with Crippen LogP contribution in [-0.4, -0.2) is 15.6 Å². The molecule has 0 N–H and O–H groups in total. The summed E-state index contributed by atoms with van der Waals surface area (Å²) in [7, 11) is 0. The fourth-order valence-electron chi connectivity index (χ4n) is 2.84. The predicted molar refractivity (Wildman–Crippen MR) is 82.2 cm³/mol. The number of fused-ring (bicyclic) bond motifs is 1. The molecule has 5 heteroatoms. The monoisotopic (exact) mass is 297 g/mol. The van der Waals surface area contributed by atoms with Gasteiger partial charge in [-0.3, -0.25) is 4.79 Å². The van der Waals surface area contributed by atoms with Crippen LogP contribution < -0.4 is 0 Å². The van der Waals surface area contributed by atoms with Crippen molar-refractivity contribution in [2.24, 2.45) is 5.41 Å². The van der Waals surface area contributed by atoms with Crippen LogP contribution in [0, 0.1) is 16.1 Å². The summed E-state index contributed by atoms with van der Waals surface area (Å²) in [5, 5.41) is 15.6. The normalized spacial score (nSPS) is 19.9. The van der Waals surface area contributed by atoms with Crippen molar-refractivity contribution in [3.8, 4) is 11.1 Å². The van der Waals surface area contributed by atoms with E-state index >= 15 is 0 Å². The van der Waals surface area contributed by atoms with Crippen molar-refractivity contribution >= 4 is 17.5 Å². The van der Waals surface area contributed by atoms with Gasteiger partial charge in [-0.15, -0.1) is 0 Å². The molecule has 0 bridgehead atoms. The minimum atomic E-state index is -0.267. The lowest BCUT2D eigenvalue weighted by molar-refractivity contribution is 0.0908. The van der Waals surface area contributed by atoms with E-state index < -0.39 is 0 Å². The van der Waals surface area contributed by atoms with E-state index in [1.54, 1.807) is 10.9 Å². The van der Waals surface area contributed by atoms with Gasteiger partial charge < -0.3 is 0 Å². The number of aromatic nitrogens is 2. The molecule has 1 atom stereocenters. The SMILES string of the molecule is CC1(C)CC(=O)c2cnn(-c3ccccc3)c2[C@@H]1SC#N. The molecule has 1 heterocycles. The van der Waals surface area contributed by atoms with Crippen molar-refractivity contribution < 1.29 is 4.79 Å². The number of ketones is 1. The van der Waals surface area contributed by atoms with Gasteiger partial charge in [-0.1, -0.05) is 32.0 Å². The summed E-state index contributed by atoms with van der Waals surface area (Å²) in [6.07, 6.45) is 2.07. The van der Waals surface area contributed by atoms with Gasteiger partial charge in [-0.25, -0.2) is 4.68 Å². The number of thioether (sulfide) groups is 1. The average Bonchev–Trinajstić information content (AvgIpc) is 2.89. The molecule has 1 aromatic carbocycles. The number of nitriles is 1. The second kappa shape index (κ2) is 5.05. The number of hydrogen-bond acceptors (Lipinski definition) is 4. The Balaban J connectivity index is 2.21. The zero-order chi connectivity index (χ0) is 15.0. The first-order chi connectivity index (χ1) is 10.0. The summed E-state index contributed by atoms with van der Waals surface area (Å²) in [4.78, 5) is 12.4. The van der Waals surface area contributed by atoms with E-state index in [0.29, 0.717) is 12.0 Å². The Morgan fingerprint density at radius 1 is 1.38 bits per heavy atom. The maximum absolute atomic E-state index is 12.4. The summed E-state index contributed by atoms with van der Waals surface area (Å²) in [5.41, 5.74) is 2.13. The van der Waals surface area contributed by atoms with Crippen LogP contribution in [0.25, 0.3) is 5.69 Å². The number of carbonyl (C=O) groups excluding carboxylic acids is 1. The summed E-state index contributed by atoms with van der Waals surface area (Å²) >= 11 is 1.21. The van der Waals surface area contributed by atoms with Crippen LogP contribution in [0.5, 0.6) is 0 Å². The highest BCUT2D eigenvalue weighted by Gasteiger charge is 2.43. The first-order valence-corrected chi connectivity index (χ1v) is 7.64. The topological polar surface area (TPSA) is 58.7 Å². The molecule has 1 aliphatic rings. The third kappa shape index (κ3) is 2.26. The second-order valence-corrected chi connectivity index (χ2v) is 6.76. The third-order valence-electron chi connectivity index (χ3n) is 3.85. The first kappa shape index (κ1) is 13.9. The van der Waals surface area contributed by atoms with Gasteiger partial charge in [-0.2, -0.15) is 10.4 Å². The van der Waals surface area contributed by atoms with Crippen LogP contribution >= 0.6 is 11.8 Å². The van der Waals surface area contributed by atoms with E-state index in [4.69, 9.17) is 5.26 Å². The van der Waals surface area contributed by atoms with Crippen molar-refractivity contribution in [1.82, 2.24) is 9.78 Å². The molecule has 3 rings (SSSR count). The lowest BCUT2D eigenvalue weighted by Crippen LogP contribution is -2.31. The molecule has 0 saturated heterocycles. The fraction of sp³-hybridized carbons (Fsp3) is 0.312. The molecule has 2 aromatic rings. The van der Waals surface area contributed by atoms with Gasteiger partial charge in [-0.05, 0) is 29.3 Å². The lowest BCUT2D eigenvalue weighted by atomic mass is 9.75. The number of para-hydroxylation sites is 1. The van der Waals surface area contributed by atoms with Crippen LogP contribution in [-0.2, 0) is 0 Å². The van der Waals surface area contributed by atoms with Crippen LogP contribution in [0.15, 0.2) is 36.5 Å². The van der Waals surface area contributed by atoms with Crippen molar-refractivity contribution in [2.45, 2.75) is 25.5 Å². The van der Waals surface area contributed by atoms with Crippen LogP contribution in [0.4, 0.5) is 0 Å². The molecule has 0 aliphatic heterocycles. The van der Waals surface area contributed by atoms with Gasteiger partial charge in [0.1, 0.15) is 5.40 Å². The Hall–Kier alpha value is -2.06. The van der Waals surface area contributed by atoms with Crippen LogP contribution in [0.2, 0.25) is 0 Å². The second-order valence-electron chi connectivity index (χ2n) is 5.87. The highest BCUT2D eigenvalue weighted by Crippen LogP contribution is 2.51. The zero-order valence-electron chi connectivity index (χ0n) is 11.9. The maximum Gasteiger partial charge on any atom is 0.166 e. The molecule has 0 unspecified atom stereocenters. The molecular weight excluding hydrogens is 282 g/mol. The lowest BCUT2D eigenvalue weighted by Gasteiger charge is -2.36. The fourth-order valence-corrected chi connectivity index (χ4v) is 3.69. The van der Waals surface area contributed by atoms with Gasteiger partial charge in [0.15, 0.2) is 5.78 Å². The Morgan fingerprint density at radius 3 is 2.76 bits per heavy atom. The number of benzene rings is 1. The van der Waals surface area contributed by atoms with E-state index in [-0.39, 0.29) is 16.4 Å². The minimum absolute atomic E-state index is 0.0714. The molecule has 0 amide bonds. The average molecular weight is 297 g/mol. The summed E-state index contributed by atoms with van der Waals surface area (Å²) in [5.74, 6) is 0.104. The standard InChI is InChI=1S/C16H15N3OS/c1-16(2)8-13(20)12-9-18-19(11-6-4-3-5-7-11)14(12)15(16)21-10-17/h3-7,9,15H,8H2,1-2H3/t15-/m0/s1. The molecule has 21 heavy (non-hydrogen) atoms. The van der Waals surface area contributed by atoms with Gasteiger partial charge in [0.2, 0.25) is 0 Å². The number of carbonyl (C=O) groups is 1. The van der Waals surface area contributed by atoms with E-state index in [9.17, 15) is 4.79 Å². The van der Waals surface area contributed by atoms with Gasteiger partial charge in [0, 0.05) is 6.42 Å². The van der Waals surface area contributed by atoms with Crippen LogP contribution in [0.3, 0.4) is 0 Å². The zero-order valence-corrected chi connectivity index (χ0v) is 12.7. The van der Waals surface area contributed by atoms with Crippen molar-refractivity contribution in [1.29, 1.82) is 5.26 Å². The minimum Gasteiger partial charge on any atom is -0.294 e. The van der Waals surface area contributed by atoms with E-state index in [0.717, 1.165) is 11.4 Å². The third-order valence-corrected chi connectivity index (χ3v) is 5.05. The smallest absolute Gasteiger partial charge is 0.166 e. The number of Topliss-reactive ketones (excluding diaryl/α,β-unsaturated/α-hetero) is 1. The molecule has 0 spiro atoms. The number of nitrogens with zero attached hydrogens (tertiary/aromatic N) is 3. The van der Waals surface area contributed by atoms with Crippen molar-refractivity contribution in [3.63, 3.8) is 0 Å². The number of thiocyanates is 1. The predicted octanol–water partition coefficient (Wildman–Crippen LogP) is 3.74. The van der Waals surface area contributed by atoms with E-state index in [2.05, 4.69) is 10.5 Å². The van der Waals surface area contributed by atoms with Gasteiger partial charge in [0.05, 0.1) is 28.4 Å². The first-order valence-electron chi connectivity index (χ1n) is 6.76. The van der Waals surface area contributed by atoms with E-state index in [1.165, 1.54) is 11.8 Å². The molecule has 1 aromatic heterocycles. The number of hydrogen-bond donors (Lipinski definition) is 0. The van der Waals surface area contributed by atoms with Gasteiger partial charge >= 0.3 is 0 Å². The highest BCUT2D eigenvalue weighted by molar-refractivity contribution is 8.04. The molecular formula is C16H15N3OS. The van der Waals surface area contributed by atoms with Crippen molar-refractivity contribution in [2.75, 3.05) is 0 Å². The Kier molecular flexibility index (Phi) is 3.34. The summed E-state index contributed by atoms with van der Waals surface area (Å²) in [6, 6.07) is 9.72. The Labute approximate surface area is 127 Å². The largest absolute Gasteiger partial charge is 0.294 e. The van der Waals surface area contributed by atoms with Crippen molar-refractivity contribution in [3.05, 3.63) is 47.8 Å². The number of rotatable bonds is 2. The Morgan fingerprint density at radius 2 is 2.10 bits per heavy atom. The van der Waals surface area contributed by atoms with E-state index in [1.807, 2.05) is 44.2 Å². The molecule has 4 nitrogen and oxygen atoms in total. The molecule has 106 valence electrons.